The standard InChI is InChI=1S/C22H22N2O7/c1-29-21(25)12-6-15-5-11-19(18(14-15)24(27)28)30-16-7-9-17(10-8-16)31-20-4-2-3-13-23-22(20)26/h5-12,14,20H,2-4,13H2,1H3,(H,23,26)/b12-6-/t20-/m1/s1. The second kappa shape index (κ2) is 10.2. The van der Waals surface area contributed by atoms with Crippen molar-refractivity contribution < 1.29 is 28.7 Å². The van der Waals surface area contributed by atoms with Crippen LogP contribution in [0.25, 0.3) is 6.08 Å². The van der Waals surface area contributed by atoms with Gasteiger partial charge in [-0.1, -0.05) is 6.07 Å². The summed E-state index contributed by atoms with van der Waals surface area (Å²) in [6.45, 7) is 0.654. The van der Waals surface area contributed by atoms with Crippen LogP contribution in [0.5, 0.6) is 17.2 Å². The Balaban J connectivity index is 1.71. The molecule has 1 fully saturated rings. The van der Waals surface area contributed by atoms with Gasteiger partial charge in [-0.15, -0.1) is 0 Å². The molecule has 0 aromatic heterocycles. The fraction of sp³-hybridized carbons (Fsp3) is 0.273. The van der Waals surface area contributed by atoms with Crippen LogP contribution < -0.4 is 14.8 Å². The van der Waals surface area contributed by atoms with Crippen LogP contribution in [-0.2, 0) is 14.3 Å². The molecule has 0 spiro atoms. The summed E-state index contributed by atoms with van der Waals surface area (Å²) >= 11 is 0. The molecule has 2 aromatic rings. The van der Waals surface area contributed by atoms with Crippen LogP contribution in [0, 0.1) is 10.1 Å². The lowest BCUT2D eigenvalue weighted by Crippen LogP contribution is -2.36. The first-order valence-corrected chi connectivity index (χ1v) is 9.73. The van der Waals surface area contributed by atoms with E-state index in [4.69, 9.17) is 9.47 Å². The number of hydrogen-bond donors (Lipinski definition) is 1. The van der Waals surface area contributed by atoms with Gasteiger partial charge in [0.05, 0.1) is 12.0 Å². The number of methoxy groups -OCH3 is 1. The highest BCUT2D eigenvalue weighted by molar-refractivity contribution is 5.87. The molecule has 1 N–H and O–H groups in total. The van der Waals surface area contributed by atoms with Crippen molar-refractivity contribution in [2.45, 2.75) is 25.4 Å². The number of amides is 1. The van der Waals surface area contributed by atoms with E-state index in [1.54, 1.807) is 30.3 Å². The summed E-state index contributed by atoms with van der Waals surface area (Å²) in [6.07, 6.45) is 4.52. The maximum absolute atomic E-state index is 12.0. The van der Waals surface area contributed by atoms with Gasteiger partial charge in [-0.05, 0) is 61.2 Å². The fourth-order valence-electron chi connectivity index (χ4n) is 3.00. The normalized spacial score (nSPS) is 16.3. The Morgan fingerprint density at radius 3 is 2.61 bits per heavy atom. The quantitative estimate of drug-likeness (QED) is 0.311. The molecule has 9 nitrogen and oxygen atoms in total. The van der Waals surface area contributed by atoms with Crippen molar-refractivity contribution in [3.8, 4) is 17.2 Å². The van der Waals surface area contributed by atoms with E-state index >= 15 is 0 Å². The molecular formula is C22H22N2O7. The number of esters is 1. The van der Waals surface area contributed by atoms with Crippen molar-refractivity contribution in [1.29, 1.82) is 0 Å². The maximum Gasteiger partial charge on any atom is 0.330 e. The van der Waals surface area contributed by atoms with Crippen LogP contribution in [0.2, 0.25) is 0 Å². The van der Waals surface area contributed by atoms with E-state index < -0.39 is 17.0 Å². The Morgan fingerprint density at radius 2 is 1.90 bits per heavy atom. The summed E-state index contributed by atoms with van der Waals surface area (Å²) in [7, 11) is 1.24. The number of nitrogens with one attached hydrogen (secondary N) is 1. The van der Waals surface area contributed by atoms with Gasteiger partial charge in [-0.3, -0.25) is 14.9 Å². The van der Waals surface area contributed by atoms with Gasteiger partial charge in [0.1, 0.15) is 11.5 Å². The zero-order valence-electron chi connectivity index (χ0n) is 16.9. The highest BCUT2D eigenvalue weighted by Crippen LogP contribution is 2.33. The van der Waals surface area contributed by atoms with Gasteiger partial charge in [0, 0.05) is 18.7 Å². The smallest absolute Gasteiger partial charge is 0.330 e. The summed E-state index contributed by atoms with van der Waals surface area (Å²) in [5, 5.41) is 14.3. The summed E-state index contributed by atoms with van der Waals surface area (Å²) in [4.78, 5) is 34.1. The molecule has 1 amide bonds. The fourth-order valence-corrected chi connectivity index (χ4v) is 3.00. The van der Waals surface area contributed by atoms with Gasteiger partial charge in [-0.25, -0.2) is 4.79 Å². The topological polar surface area (TPSA) is 117 Å². The van der Waals surface area contributed by atoms with Gasteiger partial charge in [-0.2, -0.15) is 0 Å². The van der Waals surface area contributed by atoms with E-state index in [0.29, 0.717) is 30.0 Å². The molecule has 0 radical (unpaired) electrons. The summed E-state index contributed by atoms with van der Waals surface area (Å²) in [6, 6.07) is 10.9. The van der Waals surface area contributed by atoms with Crippen LogP contribution in [0.15, 0.2) is 48.5 Å². The van der Waals surface area contributed by atoms with E-state index in [0.717, 1.165) is 12.8 Å². The number of benzene rings is 2. The summed E-state index contributed by atoms with van der Waals surface area (Å²) in [5.74, 6) is 0.240. The SMILES string of the molecule is COC(=O)/C=C\c1ccc(Oc2ccc(O[C@@H]3CCCCNC3=O)cc2)c([N+](=O)[O-])c1. The molecule has 1 aliphatic heterocycles. The number of carbonyl (C=O) groups excluding carboxylic acids is 2. The van der Waals surface area contributed by atoms with Crippen molar-refractivity contribution in [2.24, 2.45) is 0 Å². The average molecular weight is 426 g/mol. The Labute approximate surface area is 178 Å². The number of nitro benzene ring substituents is 1. The predicted octanol–water partition coefficient (Wildman–Crippen LogP) is 3.62. The number of hydrogen-bond acceptors (Lipinski definition) is 7. The summed E-state index contributed by atoms with van der Waals surface area (Å²) in [5.41, 5.74) is 0.206. The Hall–Kier alpha value is -3.88. The van der Waals surface area contributed by atoms with Crippen LogP contribution in [0.4, 0.5) is 5.69 Å². The molecule has 1 saturated heterocycles. The first-order chi connectivity index (χ1) is 15.0. The summed E-state index contributed by atoms with van der Waals surface area (Å²) < 4.78 is 15.9. The molecular weight excluding hydrogens is 404 g/mol. The highest BCUT2D eigenvalue weighted by Gasteiger charge is 2.22. The predicted molar refractivity (Wildman–Crippen MR) is 112 cm³/mol. The van der Waals surface area contributed by atoms with E-state index in [1.807, 2.05) is 0 Å². The van der Waals surface area contributed by atoms with Crippen molar-refractivity contribution in [1.82, 2.24) is 5.32 Å². The van der Waals surface area contributed by atoms with Gasteiger partial charge < -0.3 is 19.5 Å². The van der Waals surface area contributed by atoms with Crippen LogP contribution in [0.1, 0.15) is 24.8 Å². The molecule has 0 saturated carbocycles. The minimum absolute atomic E-state index is 0.0528. The van der Waals surface area contributed by atoms with Crippen LogP contribution in [-0.4, -0.2) is 36.6 Å². The molecule has 3 rings (SSSR count). The highest BCUT2D eigenvalue weighted by atomic mass is 16.6. The molecule has 0 bridgehead atoms. The lowest BCUT2D eigenvalue weighted by molar-refractivity contribution is -0.385. The number of nitro groups is 1. The Kier molecular flexibility index (Phi) is 7.21. The van der Waals surface area contributed by atoms with E-state index in [1.165, 1.54) is 31.4 Å². The zero-order valence-corrected chi connectivity index (χ0v) is 16.9. The Bertz CT molecular complexity index is 986. The van der Waals surface area contributed by atoms with Crippen LogP contribution >= 0.6 is 0 Å². The third kappa shape index (κ3) is 6.05. The molecule has 2 aromatic carbocycles. The molecule has 0 unspecified atom stereocenters. The number of rotatable bonds is 7. The second-order valence-corrected chi connectivity index (χ2v) is 6.81. The van der Waals surface area contributed by atoms with Crippen molar-refractivity contribution >= 4 is 23.6 Å². The van der Waals surface area contributed by atoms with E-state index in [9.17, 15) is 19.7 Å². The van der Waals surface area contributed by atoms with Gasteiger partial charge >= 0.3 is 11.7 Å². The van der Waals surface area contributed by atoms with Crippen molar-refractivity contribution in [3.63, 3.8) is 0 Å². The van der Waals surface area contributed by atoms with Gasteiger partial charge in [0.25, 0.3) is 5.91 Å². The minimum atomic E-state index is -0.563. The van der Waals surface area contributed by atoms with E-state index in [2.05, 4.69) is 10.1 Å². The van der Waals surface area contributed by atoms with Crippen LogP contribution in [0.3, 0.4) is 0 Å². The zero-order chi connectivity index (χ0) is 22.2. The maximum atomic E-state index is 12.0. The number of ether oxygens (including phenoxy) is 3. The lowest BCUT2D eigenvalue weighted by Gasteiger charge is -2.16. The molecule has 31 heavy (non-hydrogen) atoms. The van der Waals surface area contributed by atoms with Gasteiger partial charge in [0.15, 0.2) is 6.10 Å². The molecule has 9 heteroatoms. The average Bonchev–Trinajstić information content (AvgIpc) is 2.98. The largest absolute Gasteiger partial charge is 0.481 e. The monoisotopic (exact) mass is 426 g/mol. The third-order valence-electron chi connectivity index (χ3n) is 4.61. The van der Waals surface area contributed by atoms with Crippen molar-refractivity contribution in [2.75, 3.05) is 13.7 Å². The second-order valence-electron chi connectivity index (χ2n) is 6.81. The molecule has 1 aliphatic rings. The number of carbonyl (C=O) groups is 2. The number of nitrogens with zero attached hydrogens (tertiary/aromatic N) is 1. The minimum Gasteiger partial charge on any atom is -0.481 e. The molecule has 0 aliphatic carbocycles. The lowest BCUT2D eigenvalue weighted by atomic mass is 10.1. The molecule has 1 atom stereocenters. The molecule has 162 valence electrons. The first kappa shape index (κ1) is 21.8. The first-order valence-electron chi connectivity index (χ1n) is 9.73. The molecule has 1 heterocycles. The van der Waals surface area contributed by atoms with E-state index in [-0.39, 0.29) is 17.3 Å². The van der Waals surface area contributed by atoms with Gasteiger partial charge in [0.2, 0.25) is 5.75 Å². The van der Waals surface area contributed by atoms with Crippen molar-refractivity contribution in [3.05, 3.63) is 64.2 Å². The third-order valence-corrected chi connectivity index (χ3v) is 4.61. The Morgan fingerprint density at radius 1 is 1.16 bits per heavy atom.